The van der Waals surface area contributed by atoms with Crippen molar-refractivity contribution in [3.05, 3.63) is 29.3 Å². The lowest BCUT2D eigenvalue weighted by Crippen LogP contribution is -2.44. The van der Waals surface area contributed by atoms with Gasteiger partial charge in [0.2, 0.25) is 5.91 Å². The molecule has 0 unspecified atom stereocenters. The molecule has 0 aliphatic heterocycles. The number of carbonyl (C=O) groups is 1. The molecule has 2 aromatic rings. The van der Waals surface area contributed by atoms with Gasteiger partial charge >= 0.3 is 0 Å². The van der Waals surface area contributed by atoms with Crippen molar-refractivity contribution in [3.8, 4) is 11.4 Å². The molecule has 1 aromatic carbocycles. The summed E-state index contributed by atoms with van der Waals surface area (Å²) >= 11 is 7.59. The predicted octanol–water partition coefficient (Wildman–Crippen LogP) is 3.53. The first-order valence-electron chi connectivity index (χ1n) is 7.32. The lowest BCUT2D eigenvalue weighted by molar-refractivity contribution is -0.121. The summed E-state index contributed by atoms with van der Waals surface area (Å²) in [5.74, 6) is 0.659. The number of carbonyl (C=O) groups excluding carboxylic acids is 1. The maximum absolute atomic E-state index is 12.2. The minimum absolute atomic E-state index is 0.0233. The summed E-state index contributed by atoms with van der Waals surface area (Å²) in [4.78, 5) is 12.2. The van der Waals surface area contributed by atoms with Crippen molar-refractivity contribution in [1.82, 2.24) is 20.1 Å². The van der Waals surface area contributed by atoms with Crippen LogP contribution in [0.4, 0.5) is 0 Å². The van der Waals surface area contributed by atoms with E-state index < -0.39 is 0 Å². The van der Waals surface area contributed by atoms with E-state index in [-0.39, 0.29) is 16.7 Å². The number of amides is 1. The van der Waals surface area contributed by atoms with Crippen LogP contribution in [-0.2, 0) is 11.8 Å². The van der Waals surface area contributed by atoms with Gasteiger partial charge in [-0.3, -0.25) is 4.79 Å². The van der Waals surface area contributed by atoms with Crippen LogP contribution in [0.1, 0.15) is 27.7 Å². The molecule has 0 saturated carbocycles. The first kappa shape index (κ1) is 17.8. The van der Waals surface area contributed by atoms with Crippen LogP contribution in [0.5, 0.6) is 0 Å². The highest BCUT2D eigenvalue weighted by Crippen LogP contribution is 2.29. The van der Waals surface area contributed by atoms with Crippen molar-refractivity contribution in [2.45, 2.75) is 43.6 Å². The highest BCUT2D eigenvalue weighted by molar-refractivity contribution is 8.00. The van der Waals surface area contributed by atoms with Gasteiger partial charge in [0, 0.05) is 18.2 Å². The van der Waals surface area contributed by atoms with Gasteiger partial charge in [0.1, 0.15) is 0 Å². The number of halogens is 1. The Hall–Kier alpha value is -1.53. The minimum atomic E-state index is -0.267. The lowest BCUT2D eigenvalue weighted by Gasteiger charge is -2.22. The van der Waals surface area contributed by atoms with Gasteiger partial charge in [0.15, 0.2) is 11.0 Å². The highest BCUT2D eigenvalue weighted by atomic mass is 35.5. The first-order chi connectivity index (χ1) is 10.7. The zero-order valence-corrected chi connectivity index (χ0v) is 15.5. The third-order valence-electron chi connectivity index (χ3n) is 3.10. The molecule has 0 spiro atoms. The number of hydrogen-bond acceptors (Lipinski definition) is 4. The van der Waals surface area contributed by atoms with Gasteiger partial charge in [-0.1, -0.05) is 35.5 Å². The van der Waals surface area contributed by atoms with Crippen LogP contribution < -0.4 is 5.32 Å². The van der Waals surface area contributed by atoms with E-state index >= 15 is 0 Å². The maximum Gasteiger partial charge on any atom is 0.233 e. The van der Waals surface area contributed by atoms with E-state index in [9.17, 15) is 4.79 Å². The largest absolute Gasteiger partial charge is 0.351 e. The van der Waals surface area contributed by atoms with E-state index in [1.807, 2.05) is 63.6 Å². The molecule has 1 atom stereocenters. The smallest absolute Gasteiger partial charge is 0.233 e. The second-order valence-electron chi connectivity index (χ2n) is 6.34. The van der Waals surface area contributed by atoms with E-state index in [4.69, 9.17) is 11.6 Å². The fourth-order valence-corrected chi connectivity index (χ4v) is 3.01. The van der Waals surface area contributed by atoms with E-state index in [2.05, 4.69) is 15.5 Å². The summed E-state index contributed by atoms with van der Waals surface area (Å²) < 4.78 is 1.85. The van der Waals surface area contributed by atoms with Crippen molar-refractivity contribution in [1.29, 1.82) is 0 Å². The monoisotopic (exact) mass is 352 g/mol. The Morgan fingerprint density at radius 2 is 1.96 bits per heavy atom. The van der Waals surface area contributed by atoms with Gasteiger partial charge in [0.05, 0.1) is 10.3 Å². The molecular formula is C16H21ClN4OS. The van der Waals surface area contributed by atoms with E-state index in [0.717, 1.165) is 5.56 Å². The number of benzene rings is 1. The van der Waals surface area contributed by atoms with Crippen molar-refractivity contribution in [3.63, 3.8) is 0 Å². The number of nitrogens with zero attached hydrogens (tertiary/aromatic N) is 3. The Balaban J connectivity index is 2.17. The topological polar surface area (TPSA) is 59.8 Å². The van der Waals surface area contributed by atoms with Crippen LogP contribution in [-0.4, -0.2) is 31.5 Å². The van der Waals surface area contributed by atoms with Crippen molar-refractivity contribution < 1.29 is 4.79 Å². The number of thioether (sulfide) groups is 1. The Kier molecular flexibility index (Phi) is 5.37. The molecule has 124 valence electrons. The first-order valence-corrected chi connectivity index (χ1v) is 8.58. The summed E-state index contributed by atoms with van der Waals surface area (Å²) in [6.07, 6.45) is 0. The Morgan fingerprint density at radius 3 is 2.57 bits per heavy atom. The zero-order valence-electron chi connectivity index (χ0n) is 13.9. The molecule has 0 saturated heterocycles. The molecule has 23 heavy (non-hydrogen) atoms. The summed E-state index contributed by atoms with van der Waals surface area (Å²) in [7, 11) is 1.87. The van der Waals surface area contributed by atoms with Crippen LogP contribution in [0.3, 0.4) is 0 Å². The Bertz CT molecular complexity index is 708. The molecule has 0 aliphatic carbocycles. The zero-order chi connectivity index (χ0) is 17.2. The molecule has 1 heterocycles. The number of hydrogen-bond donors (Lipinski definition) is 1. The summed E-state index contributed by atoms with van der Waals surface area (Å²) in [5, 5.41) is 12.4. The van der Waals surface area contributed by atoms with Crippen molar-refractivity contribution in [2.24, 2.45) is 7.05 Å². The molecule has 7 heteroatoms. The number of rotatable bonds is 4. The van der Waals surface area contributed by atoms with Crippen LogP contribution in [0.25, 0.3) is 11.4 Å². The number of aromatic nitrogens is 3. The van der Waals surface area contributed by atoms with Crippen LogP contribution in [0.15, 0.2) is 29.4 Å². The van der Waals surface area contributed by atoms with Crippen LogP contribution in [0, 0.1) is 0 Å². The average Bonchev–Trinajstić information content (AvgIpc) is 2.79. The lowest BCUT2D eigenvalue weighted by atomic mass is 10.1. The molecular weight excluding hydrogens is 332 g/mol. The Morgan fingerprint density at radius 1 is 1.30 bits per heavy atom. The van der Waals surface area contributed by atoms with Gasteiger partial charge in [-0.15, -0.1) is 10.2 Å². The average molecular weight is 353 g/mol. The predicted molar refractivity (Wildman–Crippen MR) is 94.7 cm³/mol. The Labute approximate surface area is 145 Å². The molecule has 5 nitrogen and oxygen atoms in total. The van der Waals surface area contributed by atoms with E-state index in [1.165, 1.54) is 11.8 Å². The van der Waals surface area contributed by atoms with E-state index in [0.29, 0.717) is 16.0 Å². The summed E-state index contributed by atoms with van der Waals surface area (Å²) in [5.41, 5.74) is 0.567. The molecule has 1 N–H and O–H groups in total. The minimum Gasteiger partial charge on any atom is -0.351 e. The van der Waals surface area contributed by atoms with Crippen LogP contribution in [0.2, 0.25) is 5.02 Å². The molecule has 0 radical (unpaired) electrons. The summed E-state index contributed by atoms with van der Waals surface area (Å²) in [6.45, 7) is 7.73. The maximum atomic E-state index is 12.2. The van der Waals surface area contributed by atoms with Gasteiger partial charge < -0.3 is 9.88 Å². The van der Waals surface area contributed by atoms with Gasteiger partial charge in [-0.25, -0.2) is 0 Å². The molecule has 1 aromatic heterocycles. The quantitative estimate of drug-likeness (QED) is 0.855. The highest BCUT2D eigenvalue weighted by Gasteiger charge is 2.23. The SMILES string of the molecule is C[C@H](Sc1nnc(-c2ccccc2Cl)n1C)C(=O)NC(C)(C)C. The second-order valence-corrected chi connectivity index (χ2v) is 8.06. The van der Waals surface area contributed by atoms with E-state index in [1.54, 1.807) is 0 Å². The van der Waals surface area contributed by atoms with Gasteiger partial charge in [-0.2, -0.15) is 0 Å². The fourth-order valence-electron chi connectivity index (χ4n) is 1.98. The molecule has 0 bridgehead atoms. The normalized spacial score (nSPS) is 13.0. The van der Waals surface area contributed by atoms with Gasteiger partial charge in [-0.05, 0) is 39.8 Å². The molecule has 0 aliphatic rings. The molecule has 1 amide bonds. The third kappa shape index (κ3) is 4.48. The second kappa shape index (κ2) is 6.93. The van der Waals surface area contributed by atoms with Gasteiger partial charge in [0.25, 0.3) is 0 Å². The molecule has 2 rings (SSSR count). The molecule has 0 fully saturated rings. The van der Waals surface area contributed by atoms with Crippen LogP contribution >= 0.6 is 23.4 Å². The summed E-state index contributed by atoms with van der Waals surface area (Å²) in [6, 6.07) is 7.49. The van der Waals surface area contributed by atoms with Crippen molar-refractivity contribution >= 4 is 29.3 Å². The standard InChI is InChI=1S/C16H21ClN4OS/c1-10(14(22)18-16(2,3)4)23-15-20-19-13(21(15)5)11-8-6-7-9-12(11)17/h6-10H,1-5H3,(H,18,22)/t10-/m0/s1. The van der Waals surface area contributed by atoms with Crippen molar-refractivity contribution in [2.75, 3.05) is 0 Å². The number of nitrogens with one attached hydrogen (secondary N) is 1. The fraction of sp³-hybridized carbons (Fsp3) is 0.438. The third-order valence-corrected chi connectivity index (χ3v) is 4.56.